The molecule has 1 aromatic rings. The van der Waals surface area contributed by atoms with Gasteiger partial charge >= 0.3 is 0 Å². The summed E-state index contributed by atoms with van der Waals surface area (Å²) in [7, 11) is 0. The van der Waals surface area contributed by atoms with Gasteiger partial charge in [0.25, 0.3) is 0 Å². The fourth-order valence-electron chi connectivity index (χ4n) is 2.20. The molecule has 2 N–H and O–H groups in total. The first-order valence-electron chi connectivity index (χ1n) is 5.24. The molecule has 1 aliphatic rings. The summed E-state index contributed by atoms with van der Waals surface area (Å²) in [4.78, 5) is 2.48. The second-order valence-corrected chi connectivity index (χ2v) is 3.85. The highest BCUT2D eigenvalue weighted by Crippen LogP contribution is 2.21. The van der Waals surface area contributed by atoms with E-state index in [-0.39, 0.29) is 0 Å². The van der Waals surface area contributed by atoms with Crippen LogP contribution in [0.25, 0.3) is 0 Å². The van der Waals surface area contributed by atoms with Crippen molar-refractivity contribution in [2.24, 2.45) is 0 Å². The quantitative estimate of drug-likeness (QED) is 0.789. The van der Waals surface area contributed by atoms with Crippen LogP contribution in [-0.4, -0.2) is 29.2 Å². The smallest absolute Gasteiger partial charge is 0.167 e. The Morgan fingerprint density at radius 2 is 2.57 bits per heavy atom. The van der Waals surface area contributed by atoms with Crippen molar-refractivity contribution in [1.82, 2.24) is 10.1 Å². The summed E-state index contributed by atoms with van der Waals surface area (Å²) in [5.74, 6) is 1.40. The van der Waals surface area contributed by atoms with Crippen molar-refractivity contribution in [3.63, 3.8) is 0 Å². The minimum atomic E-state index is 0.487. The zero-order valence-electron chi connectivity index (χ0n) is 8.57. The van der Waals surface area contributed by atoms with Crippen LogP contribution in [0.1, 0.15) is 25.5 Å². The molecule has 1 aliphatic heterocycles. The summed E-state index contributed by atoms with van der Waals surface area (Å²) in [6.07, 6.45) is 3.49. The molecule has 4 heteroatoms. The van der Waals surface area contributed by atoms with Gasteiger partial charge in [-0.25, -0.2) is 0 Å². The summed E-state index contributed by atoms with van der Waals surface area (Å²) < 4.78 is 5.12. The Balaban J connectivity index is 1.96. The molecule has 0 saturated carbocycles. The highest BCUT2D eigenvalue weighted by molar-refractivity contribution is 5.26. The molecule has 1 saturated heterocycles. The van der Waals surface area contributed by atoms with Crippen LogP contribution >= 0.6 is 0 Å². The number of nitrogens with two attached hydrogens (primary N) is 1. The molecule has 2 rings (SSSR count). The lowest BCUT2D eigenvalue weighted by Crippen LogP contribution is -2.30. The van der Waals surface area contributed by atoms with Crippen molar-refractivity contribution in [1.29, 1.82) is 0 Å². The number of nitrogens with zero attached hydrogens (tertiary/aromatic N) is 2. The van der Waals surface area contributed by atoms with Gasteiger partial charge in [0.2, 0.25) is 0 Å². The Morgan fingerprint density at radius 1 is 1.71 bits per heavy atom. The molecule has 2 heterocycles. The number of likely N-dealkylation sites (tertiary alicyclic amines) is 1. The summed E-state index contributed by atoms with van der Waals surface area (Å²) >= 11 is 0. The van der Waals surface area contributed by atoms with Crippen molar-refractivity contribution in [2.45, 2.75) is 32.2 Å². The lowest BCUT2D eigenvalue weighted by molar-refractivity contribution is 0.249. The predicted octanol–water partition coefficient (Wildman–Crippen LogP) is 1.28. The van der Waals surface area contributed by atoms with Gasteiger partial charge in [0.05, 0.1) is 0 Å². The molecular formula is C10H17N3O. The van der Waals surface area contributed by atoms with Gasteiger partial charge in [-0.2, -0.15) is 0 Å². The third-order valence-corrected chi connectivity index (χ3v) is 2.92. The van der Waals surface area contributed by atoms with Crippen LogP contribution in [0.3, 0.4) is 0 Å². The maximum atomic E-state index is 5.50. The lowest BCUT2D eigenvalue weighted by Gasteiger charge is -2.21. The Bertz CT molecular complexity index is 297. The van der Waals surface area contributed by atoms with Gasteiger partial charge in [-0.05, 0) is 25.9 Å². The summed E-state index contributed by atoms with van der Waals surface area (Å²) in [5.41, 5.74) is 5.50. The third kappa shape index (κ3) is 1.90. The Kier molecular flexibility index (Phi) is 2.72. The van der Waals surface area contributed by atoms with E-state index in [1.165, 1.54) is 19.4 Å². The lowest BCUT2D eigenvalue weighted by atomic mass is 10.1. The highest BCUT2D eigenvalue weighted by atomic mass is 16.5. The molecule has 14 heavy (non-hydrogen) atoms. The highest BCUT2D eigenvalue weighted by Gasteiger charge is 2.24. The average Bonchev–Trinajstić information content (AvgIpc) is 2.76. The van der Waals surface area contributed by atoms with E-state index < -0.39 is 0 Å². The van der Waals surface area contributed by atoms with Crippen molar-refractivity contribution < 1.29 is 4.52 Å². The molecule has 0 radical (unpaired) electrons. The topological polar surface area (TPSA) is 55.3 Å². The number of aromatic nitrogens is 1. The molecule has 1 atom stereocenters. The van der Waals surface area contributed by atoms with E-state index in [4.69, 9.17) is 10.3 Å². The maximum absolute atomic E-state index is 5.50. The standard InChI is InChI=1S/C10H17N3O/c1-2-13-5-3-4-8(13)6-9-7-10(11)12-14-9/h7-8H,2-6H2,1H3,(H2,11,12). The molecule has 0 aliphatic carbocycles. The first-order valence-corrected chi connectivity index (χ1v) is 5.24. The number of hydrogen-bond donors (Lipinski definition) is 1. The van der Waals surface area contributed by atoms with E-state index in [1.807, 2.05) is 6.07 Å². The molecule has 0 aromatic carbocycles. The van der Waals surface area contributed by atoms with Gasteiger partial charge in [-0.1, -0.05) is 12.1 Å². The molecule has 1 fully saturated rings. The number of likely N-dealkylation sites (N-methyl/N-ethyl adjacent to an activating group) is 1. The number of rotatable bonds is 3. The molecule has 0 bridgehead atoms. The molecule has 0 amide bonds. The molecule has 78 valence electrons. The summed E-state index contributed by atoms with van der Waals surface area (Å²) in [6, 6.07) is 2.44. The Hall–Kier alpha value is -1.03. The Labute approximate surface area is 84.0 Å². The van der Waals surface area contributed by atoms with Gasteiger partial charge < -0.3 is 15.2 Å². The van der Waals surface area contributed by atoms with Crippen molar-refractivity contribution >= 4 is 5.82 Å². The van der Waals surface area contributed by atoms with Gasteiger partial charge in [0.15, 0.2) is 5.82 Å². The second kappa shape index (κ2) is 4.00. The van der Waals surface area contributed by atoms with Crippen LogP contribution in [0.5, 0.6) is 0 Å². The molecular weight excluding hydrogens is 178 g/mol. The fraction of sp³-hybridized carbons (Fsp3) is 0.700. The van der Waals surface area contributed by atoms with Crippen LogP contribution in [0.15, 0.2) is 10.6 Å². The first kappa shape index (κ1) is 9.52. The van der Waals surface area contributed by atoms with Crippen molar-refractivity contribution in [3.05, 3.63) is 11.8 Å². The minimum absolute atomic E-state index is 0.487. The number of hydrogen-bond acceptors (Lipinski definition) is 4. The SMILES string of the molecule is CCN1CCCC1Cc1cc(N)no1. The van der Waals surface area contributed by atoms with E-state index in [9.17, 15) is 0 Å². The number of nitrogen functional groups attached to an aromatic ring is 1. The van der Waals surface area contributed by atoms with Crippen LogP contribution in [0.4, 0.5) is 5.82 Å². The summed E-state index contributed by atoms with van der Waals surface area (Å²) in [6.45, 7) is 4.53. The zero-order chi connectivity index (χ0) is 9.97. The van der Waals surface area contributed by atoms with Crippen LogP contribution in [0.2, 0.25) is 0 Å². The number of anilines is 1. The molecule has 1 unspecified atom stereocenters. The van der Waals surface area contributed by atoms with E-state index in [2.05, 4.69) is 17.0 Å². The Morgan fingerprint density at radius 3 is 3.21 bits per heavy atom. The van der Waals surface area contributed by atoms with E-state index in [0.29, 0.717) is 11.9 Å². The fourth-order valence-corrected chi connectivity index (χ4v) is 2.20. The molecule has 1 aromatic heterocycles. The normalized spacial score (nSPS) is 23.1. The van der Waals surface area contributed by atoms with E-state index in [1.54, 1.807) is 0 Å². The minimum Gasteiger partial charge on any atom is -0.381 e. The van der Waals surface area contributed by atoms with Gasteiger partial charge in [-0.15, -0.1) is 0 Å². The zero-order valence-corrected chi connectivity index (χ0v) is 8.57. The van der Waals surface area contributed by atoms with Gasteiger partial charge in [-0.3, -0.25) is 0 Å². The van der Waals surface area contributed by atoms with Gasteiger partial charge in [0, 0.05) is 18.5 Å². The molecule has 4 nitrogen and oxygen atoms in total. The van der Waals surface area contributed by atoms with Crippen LogP contribution in [-0.2, 0) is 6.42 Å². The van der Waals surface area contributed by atoms with Crippen LogP contribution in [0, 0.1) is 0 Å². The van der Waals surface area contributed by atoms with Gasteiger partial charge in [0.1, 0.15) is 5.76 Å². The van der Waals surface area contributed by atoms with Crippen LogP contribution < -0.4 is 5.73 Å². The molecule has 0 spiro atoms. The second-order valence-electron chi connectivity index (χ2n) is 3.85. The van der Waals surface area contributed by atoms with Crippen molar-refractivity contribution in [3.8, 4) is 0 Å². The van der Waals surface area contributed by atoms with Crippen molar-refractivity contribution in [2.75, 3.05) is 18.8 Å². The third-order valence-electron chi connectivity index (χ3n) is 2.92. The first-order chi connectivity index (χ1) is 6.79. The maximum Gasteiger partial charge on any atom is 0.167 e. The predicted molar refractivity (Wildman–Crippen MR) is 54.9 cm³/mol. The largest absolute Gasteiger partial charge is 0.381 e. The van der Waals surface area contributed by atoms with E-state index >= 15 is 0 Å². The van der Waals surface area contributed by atoms with E-state index in [0.717, 1.165) is 18.7 Å². The summed E-state index contributed by atoms with van der Waals surface area (Å²) in [5, 5.41) is 3.69. The monoisotopic (exact) mass is 195 g/mol. The average molecular weight is 195 g/mol.